The largest absolute Gasteiger partial charge is 0.391 e. The topological polar surface area (TPSA) is 81.4 Å². The molecule has 2 unspecified atom stereocenters. The summed E-state index contributed by atoms with van der Waals surface area (Å²) >= 11 is 0. The second kappa shape index (κ2) is 6.73. The van der Waals surface area contributed by atoms with Gasteiger partial charge >= 0.3 is 0 Å². The van der Waals surface area contributed by atoms with E-state index in [1.165, 1.54) is 4.31 Å². The number of aliphatic hydroxyl groups is 1. The van der Waals surface area contributed by atoms with Crippen molar-refractivity contribution in [1.82, 2.24) is 4.31 Å². The van der Waals surface area contributed by atoms with Gasteiger partial charge < -0.3 is 5.11 Å². The van der Waals surface area contributed by atoms with Gasteiger partial charge in [0.05, 0.1) is 22.6 Å². The van der Waals surface area contributed by atoms with Crippen molar-refractivity contribution in [3.05, 3.63) is 29.6 Å². The van der Waals surface area contributed by atoms with E-state index >= 15 is 0 Å². The van der Waals surface area contributed by atoms with Gasteiger partial charge in [-0.05, 0) is 37.5 Å². The smallest absolute Gasteiger partial charge is 0.243 e. The van der Waals surface area contributed by atoms with Crippen molar-refractivity contribution in [2.45, 2.75) is 49.6 Å². The van der Waals surface area contributed by atoms with E-state index < -0.39 is 28.0 Å². The van der Waals surface area contributed by atoms with Crippen molar-refractivity contribution >= 4 is 10.0 Å². The molecule has 5 nitrogen and oxygen atoms in total. The summed E-state index contributed by atoms with van der Waals surface area (Å²) < 4.78 is 40.2. The first-order valence-corrected chi connectivity index (χ1v) is 8.75. The van der Waals surface area contributed by atoms with Crippen LogP contribution in [0.5, 0.6) is 0 Å². The van der Waals surface area contributed by atoms with Crippen LogP contribution in [0.25, 0.3) is 0 Å². The summed E-state index contributed by atoms with van der Waals surface area (Å²) in [5.74, 6) is -0.745. The first kappa shape index (κ1) is 16.9. The number of rotatable bonds is 4. The first-order chi connectivity index (χ1) is 10.4. The molecule has 0 aliphatic carbocycles. The molecule has 0 spiro atoms. The number of piperidine rings is 1. The van der Waals surface area contributed by atoms with Gasteiger partial charge in [-0.15, -0.1) is 0 Å². The van der Waals surface area contributed by atoms with Gasteiger partial charge in [0.25, 0.3) is 0 Å². The molecule has 1 N–H and O–H groups in total. The summed E-state index contributed by atoms with van der Waals surface area (Å²) in [7, 11) is -3.86. The predicted octanol–water partition coefficient (Wildman–Crippen LogP) is 2.01. The van der Waals surface area contributed by atoms with Crippen LogP contribution in [0.1, 0.15) is 38.2 Å². The lowest BCUT2D eigenvalue weighted by molar-refractivity contribution is 0.0667. The fourth-order valence-electron chi connectivity index (χ4n) is 2.77. The standard InChI is InChI=1S/C15H19FN2O3S/c1-2-15(19)14-5-3-4-8-18(14)22(20,21)12-6-7-13(16)11(9-12)10-17/h6-7,9,14-15,19H,2-5,8H2,1H3. The van der Waals surface area contributed by atoms with Gasteiger partial charge in [0.2, 0.25) is 10.0 Å². The van der Waals surface area contributed by atoms with Crippen LogP contribution in [0.3, 0.4) is 0 Å². The third-order valence-corrected chi connectivity index (χ3v) is 5.95. The Bertz CT molecular complexity index is 685. The molecule has 1 aliphatic heterocycles. The maximum atomic E-state index is 13.4. The summed E-state index contributed by atoms with van der Waals surface area (Å²) in [6.45, 7) is 2.12. The molecule has 1 heterocycles. The van der Waals surface area contributed by atoms with Gasteiger partial charge in [-0.1, -0.05) is 13.3 Å². The Labute approximate surface area is 130 Å². The molecule has 1 saturated heterocycles. The van der Waals surface area contributed by atoms with Crippen molar-refractivity contribution in [3.63, 3.8) is 0 Å². The van der Waals surface area contributed by atoms with Crippen molar-refractivity contribution in [2.75, 3.05) is 6.54 Å². The molecule has 7 heteroatoms. The predicted molar refractivity (Wildman–Crippen MR) is 78.9 cm³/mol. The molecule has 0 bridgehead atoms. The lowest BCUT2D eigenvalue weighted by Crippen LogP contribution is -2.49. The van der Waals surface area contributed by atoms with Crippen LogP contribution in [0.4, 0.5) is 4.39 Å². The highest BCUT2D eigenvalue weighted by atomic mass is 32.2. The van der Waals surface area contributed by atoms with E-state index in [9.17, 15) is 17.9 Å². The van der Waals surface area contributed by atoms with E-state index in [2.05, 4.69) is 0 Å². The second-order valence-electron chi connectivity index (χ2n) is 5.41. The van der Waals surface area contributed by atoms with Gasteiger partial charge in [-0.2, -0.15) is 9.57 Å². The van der Waals surface area contributed by atoms with Crippen LogP contribution in [-0.4, -0.2) is 36.5 Å². The zero-order chi connectivity index (χ0) is 16.3. The van der Waals surface area contributed by atoms with E-state index in [1.807, 2.05) is 0 Å². The number of hydrogen-bond acceptors (Lipinski definition) is 4. The average molecular weight is 326 g/mol. The number of aliphatic hydroxyl groups excluding tert-OH is 1. The normalized spacial score (nSPS) is 21.3. The quantitative estimate of drug-likeness (QED) is 0.917. The number of halogens is 1. The van der Waals surface area contributed by atoms with Crippen LogP contribution >= 0.6 is 0 Å². The van der Waals surface area contributed by atoms with E-state index in [-0.39, 0.29) is 10.5 Å². The summed E-state index contributed by atoms with van der Waals surface area (Å²) in [6.07, 6.45) is 1.91. The van der Waals surface area contributed by atoms with Gasteiger partial charge in [-0.3, -0.25) is 0 Å². The second-order valence-corrected chi connectivity index (χ2v) is 7.30. The molecule has 0 radical (unpaired) electrons. The molecule has 1 aliphatic rings. The van der Waals surface area contributed by atoms with Crippen LogP contribution < -0.4 is 0 Å². The molecule has 1 aromatic carbocycles. The Morgan fingerprint density at radius 3 is 2.86 bits per heavy atom. The van der Waals surface area contributed by atoms with Gasteiger partial charge in [0, 0.05) is 6.54 Å². The number of nitrogens with zero attached hydrogens (tertiary/aromatic N) is 2. The Balaban J connectivity index is 2.42. The third kappa shape index (κ3) is 3.14. The maximum absolute atomic E-state index is 13.4. The minimum absolute atomic E-state index is 0.111. The first-order valence-electron chi connectivity index (χ1n) is 7.31. The Morgan fingerprint density at radius 2 is 2.23 bits per heavy atom. The van der Waals surface area contributed by atoms with E-state index in [1.54, 1.807) is 13.0 Å². The summed E-state index contributed by atoms with van der Waals surface area (Å²) in [5, 5.41) is 18.9. The molecular formula is C15H19FN2O3S. The third-order valence-electron chi connectivity index (χ3n) is 4.03. The molecule has 22 heavy (non-hydrogen) atoms. The van der Waals surface area contributed by atoms with Crippen molar-refractivity contribution < 1.29 is 17.9 Å². The SMILES string of the molecule is CCC(O)C1CCCCN1S(=O)(=O)c1ccc(F)c(C#N)c1. The highest BCUT2D eigenvalue weighted by Gasteiger charge is 2.36. The van der Waals surface area contributed by atoms with Crippen molar-refractivity contribution in [2.24, 2.45) is 0 Å². The molecule has 2 atom stereocenters. The zero-order valence-corrected chi connectivity index (χ0v) is 13.2. The van der Waals surface area contributed by atoms with Crippen LogP contribution in [0.15, 0.2) is 23.1 Å². The maximum Gasteiger partial charge on any atom is 0.243 e. The monoisotopic (exact) mass is 326 g/mol. The summed E-state index contributed by atoms with van der Waals surface area (Å²) in [5.41, 5.74) is -0.300. The fourth-order valence-corrected chi connectivity index (χ4v) is 4.52. The Morgan fingerprint density at radius 1 is 1.50 bits per heavy atom. The Hall–Kier alpha value is -1.49. The highest BCUT2D eigenvalue weighted by Crippen LogP contribution is 2.28. The molecule has 1 fully saturated rings. The van der Waals surface area contributed by atoms with Crippen LogP contribution in [0, 0.1) is 17.1 Å². The number of hydrogen-bond donors (Lipinski definition) is 1. The summed E-state index contributed by atoms with van der Waals surface area (Å²) in [6, 6.07) is 4.37. The average Bonchev–Trinajstić information content (AvgIpc) is 2.54. The summed E-state index contributed by atoms with van der Waals surface area (Å²) in [4.78, 5) is -0.111. The zero-order valence-electron chi connectivity index (χ0n) is 12.4. The van der Waals surface area contributed by atoms with E-state index in [4.69, 9.17) is 5.26 Å². The van der Waals surface area contributed by atoms with Gasteiger partial charge in [0.15, 0.2) is 0 Å². The van der Waals surface area contributed by atoms with Crippen LogP contribution in [0.2, 0.25) is 0 Å². The minimum atomic E-state index is -3.86. The molecule has 0 aromatic heterocycles. The molecular weight excluding hydrogens is 307 g/mol. The van der Waals surface area contributed by atoms with Gasteiger partial charge in [0.1, 0.15) is 11.9 Å². The molecule has 1 aromatic rings. The van der Waals surface area contributed by atoms with E-state index in [0.717, 1.165) is 31.0 Å². The van der Waals surface area contributed by atoms with Gasteiger partial charge in [-0.25, -0.2) is 12.8 Å². The highest BCUT2D eigenvalue weighted by molar-refractivity contribution is 7.89. The lowest BCUT2D eigenvalue weighted by atomic mass is 9.98. The number of sulfonamides is 1. The van der Waals surface area contributed by atoms with Crippen LogP contribution in [-0.2, 0) is 10.0 Å². The number of benzene rings is 1. The molecule has 120 valence electrons. The van der Waals surface area contributed by atoms with Crippen molar-refractivity contribution in [1.29, 1.82) is 5.26 Å². The number of nitriles is 1. The molecule has 0 saturated carbocycles. The minimum Gasteiger partial charge on any atom is -0.391 e. The molecule has 2 rings (SSSR count). The Kier molecular flexibility index (Phi) is 5.16. The van der Waals surface area contributed by atoms with Crippen molar-refractivity contribution in [3.8, 4) is 6.07 Å². The molecule has 0 amide bonds. The lowest BCUT2D eigenvalue weighted by Gasteiger charge is -2.37. The fraction of sp³-hybridized carbons (Fsp3) is 0.533. The van der Waals surface area contributed by atoms with E-state index in [0.29, 0.717) is 19.4 Å².